The zero-order valence-electron chi connectivity index (χ0n) is 10.3. The molecular formula is C14H21NO2. The molecule has 17 heavy (non-hydrogen) atoms. The number of methoxy groups -OCH3 is 1. The molecule has 3 nitrogen and oxygen atoms in total. The lowest BCUT2D eigenvalue weighted by molar-refractivity contribution is 0.0597. The molecule has 0 aliphatic heterocycles. The van der Waals surface area contributed by atoms with Gasteiger partial charge in [-0.05, 0) is 24.3 Å². The molecule has 0 saturated heterocycles. The number of benzene rings is 1. The van der Waals surface area contributed by atoms with Gasteiger partial charge in [-0.3, -0.25) is 0 Å². The summed E-state index contributed by atoms with van der Waals surface area (Å²) in [6, 6.07) is 11.2. The lowest BCUT2D eigenvalue weighted by Gasteiger charge is -2.36. The molecule has 1 unspecified atom stereocenters. The molecule has 2 rings (SSSR count). The van der Waals surface area contributed by atoms with Gasteiger partial charge in [0.05, 0.1) is 12.7 Å². The highest BCUT2D eigenvalue weighted by molar-refractivity contribution is 5.22. The highest BCUT2D eigenvalue weighted by atomic mass is 16.5. The number of rotatable bonds is 6. The van der Waals surface area contributed by atoms with Gasteiger partial charge in [0.1, 0.15) is 0 Å². The summed E-state index contributed by atoms with van der Waals surface area (Å²) >= 11 is 0. The third-order valence-corrected chi connectivity index (χ3v) is 3.41. The molecule has 1 aromatic carbocycles. The summed E-state index contributed by atoms with van der Waals surface area (Å²) < 4.78 is 4.89. The van der Waals surface area contributed by atoms with E-state index in [1.54, 1.807) is 7.11 Å². The van der Waals surface area contributed by atoms with Crippen molar-refractivity contribution in [3.8, 4) is 0 Å². The first-order valence-electron chi connectivity index (χ1n) is 6.25. The normalized spacial score (nSPS) is 25.3. The first-order valence-corrected chi connectivity index (χ1v) is 6.25. The van der Waals surface area contributed by atoms with Crippen LogP contribution in [0.15, 0.2) is 30.3 Å². The van der Waals surface area contributed by atoms with Crippen molar-refractivity contribution in [3.05, 3.63) is 35.9 Å². The standard InChI is InChI=1S/C14H21NO2/c1-17-10-14(16)9-15-13-7-12(8-13)11-5-3-2-4-6-11/h2-6,12-16H,7-10H2,1H3. The SMILES string of the molecule is COCC(O)CNC1CC(c2ccccc2)C1. The second kappa shape index (κ2) is 6.15. The van der Waals surface area contributed by atoms with Crippen molar-refractivity contribution >= 4 is 0 Å². The molecule has 0 spiro atoms. The highest BCUT2D eigenvalue weighted by Gasteiger charge is 2.29. The summed E-state index contributed by atoms with van der Waals surface area (Å²) in [4.78, 5) is 0. The molecule has 1 fully saturated rings. The quantitative estimate of drug-likeness (QED) is 0.785. The molecule has 1 aliphatic carbocycles. The minimum atomic E-state index is -0.393. The number of ether oxygens (including phenoxy) is 1. The number of hydrogen-bond acceptors (Lipinski definition) is 3. The van der Waals surface area contributed by atoms with Crippen LogP contribution in [0, 0.1) is 0 Å². The Morgan fingerprint density at radius 1 is 1.35 bits per heavy atom. The Bertz CT molecular complexity index is 322. The van der Waals surface area contributed by atoms with Crippen LogP contribution in [0.5, 0.6) is 0 Å². The van der Waals surface area contributed by atoms with Crippen molar-refractivity contribution in [1.29, 1.82) is 0 Å². The van der Waals surface area contributed by atoms with Gasteiger partial charge in [-0.1, -0.05) is 30.3 Å². The zero-order valence-corrected chi connectivity index (χ0v) is 10.3. The Labute approximate surface area is 103 Å². The van der Waals surface area contributed by atoms with E-state index in [0.717, 1.165) is 0 Å². The number of hydrogen-bond donors (Lipinski definition) is 2. The Balaban J connectivity index is 1.66. The largest absolute Gasteiger partial charge is 0.389 e. The number of aliphatic hydroxyl groups is 1. The zero-order chi connectivity index (χ0) is 12.1. The van der Waals surface area contributed by atoms with Crippen molar-refractivity contribution in [2.24, 2.45) is 0 Å². The molecule has 1 saturated carbocycles. The van der Waals surface area contributed by atoms with Gasteiger partial charge in [-0.2, -0.15) is 0 Å². The van der Waals surface area contributed by atoms with E-state index >= 15 is 0 Å². The average Bonchev–Trinajstić information content (AvgIpc) is 2.28. The Hall–Kier alpha value is -0.900. The van der Waals surface area contributed by atoms with Crippen LogP contribution in [0.1, 0.15) is 24.3 Å². The maximum atomic E-state index is 9.51. The van der Waals surface area contributed by atoms with Crippen molar-refractivity contribution in [1.82, 2.24) is 5.32 Å². The third kappa shape index (κ3) is 3.53. The van der Waals surface area contributed by atoms with Crippen molar-refractivity contribution in [3.63, 3.8) is 0 Å². The molecule has 0 heterocycles. The fourth-order valence-electron chi connectivity index (χ4n) is 2.34. The Morgan fingerprint density at radius 2 is 2.06 bits per heavy atom. The second-order valence-electron chi connectivity index (χ2n) is 4.79. The summed E-state index contributed by atoms with van der Waals surface area (Å²) in [5.41, 5.74) is 1.43. The van der Waals surface area contributed by atoms with E-state index in [1.165, 1.54) is 18.4 Å². The van der Waals surface area contributed by atoms with Crippen molar-refractivity contribution in [2.45, 2.75) is 30.9 Å². The molecule has 1 aromatic rings. The molecule has 0 bridgehead atoms. The summed E-state index contributed by atoms with van der Waals surface area (Å²) in [5.74, 6) is 0.688. The van der Waals surface area contributed by atoms with E-state index in [9.17, 15) is 5.11 Å². The van der Waals surface area contributed by atoms with E-state index < -0.39 is 6.10 Å². The third-order valence-electron chi connectivity index (χ3n) is 3.41. The van der Waals surface area contributed by atoms with Crippen molar-refractivity contribution < 1.29 is 9.84 Å². The molecule has 0 aromatic heterocycles. The lowest BCUT2D eigenvalue weighted by Crippen LogP contribution is -2.44. The molecule has 1 aliphatic rings. The smallest absolute Gasteiger partial charge is 0.0897 e. The maximum Gasteiger partial charge on any atom is 0.0897 e. The topological polar surface area (TPSA) is 41.5 Å². The average molecular weight is 235 g/mol. The van der Waals surface area contributed by atoms with E-state index in [0.29, 0.717) is 25.1 Å². The van der Waals surface area contributed by atoms with Crippen LogP contribution >= 0.6 is 0 Å². The van der Waals surface area contributed by atoms with Crippen LogP contribution in [0.4, 0.5) is 0 Å². The molecule has 1 atom stereocenters. The minimum absolute atomic E-state index is 0.393. The van der Waals surface area contributed by atoms with Crippen LogP contribution in [-0.4, -0.2) is 37.5 Å². The van der Waals surface area contributed by atoms with Crippen LogP contribution < -0.4 is 5.32 Å². The predicted molar refractivity (Wildman–Crippen MR) is 68.1 cm³/mol. The van der Waals surface area contributed by atoms with Gasteiger partial charge in [0.15, 0.2) is 0 Å². The molecule has 0 radical (unpaired) electrons. The van der Waals surface area contributed by atoms with E-state index in [-0.39, 0.29) is 0 Å². The van der Waals surface area contributed by atoms with Gasteiger partial charge in [-0.25, -0.2) is 0 Å². The van der Waals surface area contributed by atoms with Crippen molar-refractivity contribution in [2.75, 3.05) is 20.3 Å². The van der Waals surface area contributed by atoms with Gasteiger partial charge in [0, 0.05) is 19.7 Å². The van der Waals surface area contributed by atoms with Gasteiger partial charge in [0.2, 0.25) is 0 Å². The van der Waals surface area contributed by atoms with Crippen LogP contribution in [0.25, 0.3) is 0 Å². The Morgan fingerprint density at radius 3 is 2.71 bits per heavy atom. The summed E-state index contributed by atoms with van der Waals surface area (Å²) in [6.07, 6.45) is 1.95. The molecule has 94 valence electrons. The molecule has 3 heteroatoms. The number of aliphatic hydroxyl groups excluding tert-OH is 1. The monoisotopic (exact) mass is 235 g/mol. The molecule has 0 amide bonds. The van der Waals surface area contributed by atoms with E-state index in [2.05, 4.69) is 35.6 Å². The molecule has 2 N–H and O–H groups in total. The fraction of sp³-hybridized carbons (Fsp3) is 0.571. The molecular weight excluding hydrogens is 214 g/mol. The summed E-state index contributed by atoms with van der Waals surface area (Å²) in [5, 5.41) is 12.9. The van der Waals surface area contributed by atoms with E-state index in [1.807, 2.05) is 0 Å². The van der Waals surface area contributed by atoms with Gasteiger partial charge >= 0.3 is 0 Å². The first kappa shape index (κ1) is 12.6. The van der Waals surface area contributed by atoms with Gasteiger partial charge < -0.3 is 15.2 Å². The van der Waals surface area contributed by atoms with Gasteiger partial charge in [-0.15, -0.1) is 0 Å². The summed E-state index contributed by atoms with van der Waals surface area (Å²) in [6.45, 7) is 1.03. The van der Waals surface area contributed by atoms with Gasteiger partial charge in [0.25, 0.3) is 0 Å². The van der Waals surface area contributed by atoms with Crippen LogP contribution in [0.2, 0.25) is 0 Å². The second-order valence-corrected chi connectivity index (χ2v) is 4.79. The lowest BCUT2D eigenvalue weighted by atomic mass is 9.76. The van der Waals surface area contributed by atoms with Crippen LogP contribution in [0.3, 0.4) is 0 Å². The fourth-order valence-corrected chi connectivity index (χ4v) is 2.34. The number of nitrogens with one attached hydrogen (secondary N) is 1. The van der Waals surface area contributed by atoms with E-state index in [4.69, 9.17) is 4.74 Å². The first-order chi connectivity index (χ1) is 8.29. The maximum absolute atomic E-state index is 9.51. The Kier molecular flexibility index (Phi) is 4.54. The van der Waals surface area contributed by atoms with Crippen LogP contribution in [-0.2, 0) is 4.74 Å². The predicted octanol–water partition coefficient (Wildman–Crippen LogP) is 1.53. The highest BCUT2D eigenvalue weighted by Crippen LogP contribution is 2.36. The summed E-state index contributed by atoms with van der Waals surface area (Å²) in [7, 11) is 1.61. The minimum Gasteiger partial charge on any atom is -0.389 e.